The van der Waals surface area contributed by atoms with Crippen LogP contribution < -0.4 is 5.32 Å². The van der Waals surface area contributed by atoms with Crippen molar-refractivity contribution >= 4 is 51.1 Å². The van der Waals surface area contributed by atoms with Crippen LogP contribution in [0.1, 0.15) is 23.2 Å². The number of amides is 1. The van der Waals surface area contributed by atoms with Crippen LogP contribution in [-0.4, -0.2) is 29.3 Å². The Labute approximate surface area is 132 Å². The van der Waals surface area contributed by atoms with Crippen molar-refractivity contribution in [3.63, 3.8) is 0 Å². The third-order valence-corrected chi connectivity index (χ3v) is 4.63. The van der Waals surface area contributed by atoms with E-state index < -0.39 is 0 Å². The number of aliphatic hydroxyl groups is 1. The third-order valence-electron chi connectivity index (χ3n) is 3.19. The summed E-state index contributed by atoms with van der Waals surface area (Å²) < 4.78 is 1.57. The van der Waals surface area contributed by atoms with E-state index in [1.165, 1.54) is 0 Å². The van der Waals surface area contributed by atoms with E-state index in [1.807, 2.05) is 28.7 Å². The molecular formula is C12H13I2NO3. The summed E-state index contributed by atoms with van der Waals surface area (Å²) in [6.45, 7) is 0.562. The van der Waals surface area contributed by atoms with E-state index in [4.69, 9.17) is 0 Å². The van der Waals surface area contributed by atoms with Crippen molar-refractivity contribution in [1.29, 1.82) is 0 Å². The van der Waals surface area contributed by atoms with Crippen LogP contribution in [-0.2, 0) is 0 Å². The summed E-state index contributed by atoms with van der Waals surface area (Å²) >= 11 is 4.11. The molecule has 1 saturated carbocycles. The molecule has 0 bridgehead atoms. The van der Waals surface area contributed by atoms with Crippen LogP contribution >= 0.6 is 45.2 Å². The van der Waals surface area contributed by atoms with E-state index in [0.717, 1.165) is 16.4 Å². The number of hydrogen-bond acceptors (Lipinski definition) is 3. The Balaban J connectivity index is 2.09. The number of carbonyl (C=O) groups is 1. The van der Waals surface area contributed by atoms with E-state index in [9.17, 15) is 15.0 Å². The van der Waals surface area contributed by atoms with Gasteiger partial charge in [0.2, 0.25) is 0 Å². The second-order valence-corrected chi connectivity index (χ2v) is 7.03. The fraction of sp³-hybridized carbons (Fsp3) is 0.417. The third kappa shape index (κ3) is 3.08. The zero-order valence-electron chi connectivity index (χ0n) is 9.54. The zero-order valence-corrected chi connectivity index (χ0v) is 13.9. The monoisotopic (exact) mass is 473 g/mol. The first-order chi connectivity index (χ1) is 8.47. The van der Waals surface area contributed by atoms with Gasteiger partial charge in [-0.3, -0.25) is 4.79 Å². The fourth-order valence-electron chi connectivity index (χ4n) is 1.67. The second kappa shape index (κ2) is 5.49. The van der Waals surface area contributed by atoms with E-state index in [0.29, 0.717) is 15.7 Å². The number of benzene rings is 1. The minimum absolute atomic E-state index is 0.0161. The lowest BCUT2D eigenvalue weighted by Crippen LogP contribution is -2.32. The molecule has 1 amide bonds. The largest absolute Gasteiger partial charge is 0.506 e. The van der Waals surface area contributed by atoms with Crippen LogP contribution in [0.5, 0.6) is 5.75 Å². The lowest BCUT2D eigenvalue weighted by Gasteiger charge is -2.13. The van der Waals surface area contributed by atoms with Crippen molar-refractivity contribution in [2.75, 3.05) is 13.2 Å². The van der Waals surface area contributed by atoms with E-state index in [1.54, 1.807) is 6.07 Å². The predicted molar refractivity (Wildman–Crippen MR) is 84.6 cm³/mol. The van der Waals surface area contributed by atoms with Crippen LogP contribution in [0.15, 0.2) is 12.1 Å². The first-order valence-corrected chi connectivity index (χ1v) is 7.70. The molecule has 0 aliphatic heterocycles. The summed E-state index contributed by atoms with van der Waals surface area (Å²) in [7, 11) is 0. The van der Waals surface area contributed by atoms with Crippen LogP contribution in [0.25, 0.3) is 0 Å². The van der Waals surface area contributed by atoms with Crippen molar-refractivity contribution < 1.29 is 15.0 Å². The molecule has 6 heteroatoms. The first kappa shape index (κ1) is 14.3. The number of phenols is 1. The molecule has 3 N–H and O–H groups in total. The van der Waals surface area contributed by atoms with Crippen molar-refractivity contribution in [3.8, 4) is 5.75 Å². The maximum Gasteiger partial charge on any atom is 0.255 e. The highest BCUT2D eigenvalue weighted by molar-refractivity contribution is 14.1. The normalized spacial score (nSPS) is 16.4. The molecule has 1 aliphatic carbocycles. The van der Waals surface area contributed by atoms with Gasteiger partial charge in [0.25, 0.3) is 5.91 Å². The van der Waals surface area contributed by atoms with Crippen LogP contribution in [0.4, 0.5) is 0 Å². The van der Waals surface area contributed by atoms with Gasteiger partial charge in [-0.15, -0.1) is 0 Å². The summed E-state index contributed by atoms with van der Waals surface area (Å²) in [6, 6.07) is 3.47. The van der Waals surface area contributed by atoms with Crippen molar-refractivity contribution in [2.45, 2.75) is 12.8 Å². The molecule has 4 nitrogen and oxygen atoms in total. The summed E-state index contributed by atoms with van der Waals surface area (Å²) in [5.41, 5.74) is 0.167. The van der Waals surface area contributed by atoms with E-state index in [-0.39, 0.29) is 23.7 Å². The Morgan fingerprint density at radius 1 is 1.39 bits per heavy atom. The van der Waals surface area contributed by atoms with Crippen LogP contribution in [0.2, 0.25) is 0 Å². The number of nitrogens with one attached hydrogen (secondary N) is 1. The molecule has 1 aliphatic rings. The van der Waals surface area contributed by atoms with Crippen LogP contribution in [0.3, 0.4) is 0 Å². The molecule has 98 valence electrons. The second-order valence-electron chi connectivity index (χ2n) is 4.62. The molecule has 1 fully saturated rings. The van der Waals surface area contributed by atoms with Crippen molar-refractivity contribution in [1.82, 2.24) is 5.32 Å². The van der Waals surface area contributed by atoms with Gasteiger partial charge in [-0.2, -0.15) is 0 Å². The molecular weight excluding hydrogens is 460 g/mol. The number of aliphatic hydroxyl groups excluding tert-OH is 1. The van der Waals surface area contributed by atoms with Gasteiger partial charge in [-0.1, -0.05) is 0 Å². The predicted octanol–water partition coefficient (Wildman–Crippen LogP) is 2.10. The number of halogens is 2. The highest BCUT2D eigenvalue weighted by Gasteiger charge is 2.42. The maximum absolute atomic E-state index is 12.0. The molecule has 0 aromatic heterocycles. The summed E-state index contributed by atoms with van der Waals surface area (Å²) in [5, 5.41) is 21.8. The minimum atomic E-state index is -0.288. The SMILES string of the molecule is O=C(NCC1(CO)CC1)c1cc(I)cc(I)c1O. The van der Waals surface area contributed by atoms with Crippen molar-refractivity contribution in [3.05, 3.63) is 24.8 Å². The van der Waals surface area contributed by atoms with Gasteiger partial charge >= 0.3 is 0 Å². The average molecular weight is 473 g/mol. The Kier molecular flexibility index (Phi) is 4.37. The zero-order chi connectivity index (χ0) is 13.3. The quantitative estimate of drug-likeness (QED) is 0.588. The molecule has 0 radical (unpaired) electrons. The van der Waals surface area contributed by atoms with E-state index >= 15 is 0 Å². The summed E-state index contributed by atoms with van der Waals surface area (Å²) in [6.07, 6.45) is 1.89. The topological polar surface area (TPSA) is 69.6 Å². The van der Waals surface area contributed by atoms with Gasteiger partial charge in [-0.25, -0.2) is 0 Å². The van der Waals surface area contributed by atoms with Gasteiger partial charge in [0.15, 0.2) is 0 Å². The van der Waals surface area contributed by atoms with Gasteiger partial charge in [0.05, 0.1) is 15.7 Å². The smallest absolute Gasteiger partial charge is 0.255 e. The Bertz CT molecular complexity index is 486. The number of carbonyl (C=O) groups excluding carboxylic acids is 1. The fourth-order valence-corrected chi connectivity index (χ4v) is 3.51. The molecule has 0 spiro atoms. The molecule has 0 saturated heterocycles. The molecule has 0 unspecified atom stereocenters. The number of hydrogen-bond donors (Lipinski definition) is 3. The van der Waals surface area contributed by atoms with E-state index in [2.05, 4.69) is 27.9 Å². The molecule has 1 aromatic rings. The number of aromatic hydroxyl groups is 1. The van der Waals surface area contributed by atoms with Gasteiger partial charge in [0.1, 0.15) is 5.75 Å². The Morgan fingerprint density at radius 3 is 2.61 bits per heavy atom. The summed E-state index contributed by atoms with van der Waals surface area (Å²) in [5.74, 6) is -0.272. The standard InChI is InChI=1S/C12H13I2NO3/c13-7-3-8(10(17)9(14)4-7)11(18)15-5-12(6-16)1-2-12/h3-4,16-17H,1-2,5-6H2,(H,15,18). The molecule has 1 aromatic carbocycles. The minimum Gasteiger partial charge on any atom is -0.506 e. The number of rotatable bonds is 4. The highest BCUT2D eigenvalue weighted by Crippen LogP contribution is 2.44. The Morgan fingerprint density at radius 2 is 2.06 bits per heavy atom. The maximum atomic E-state index is 12.0. The van der Waals surface area contributed by atoms with Gasteiger partial charge < -0.3 is 15.5 Å². The van der Waals surface area contributed by atoms with Gasteiger partial charge in [-0.05, 0) is 70.2 Å². The average Bonchev–Trinajstić information content (AvgIpc) is 3.11. The molecule has 0 atom stereocenters. The Hall–Kier alpha value is -0.0900. The highest BCUT2D eigenvalue weighted by atomic mass is 127. The van der Waals surface area contributed by atoms with Gasteiger partial charge in [0, 0.05) is 15.5 Å². The molecule has 0 heterocycles. The molecule has 18 heavy (non-hydrogen) atoms. The molecule has 2 rings (SSSR count). The number of phenolic OH excluding ortho intramolecular Hbond substituents is 1. The van der Waals surface area contributed by atoms with Crippen LogP contribution in [0, 0.1) is 12.6 Å². The lowest BCUT2D eigenvalue weighted by atomic mass is 10.1. The first-order valence-electron chi connectivity index (χ1n) is 5.54. The lowest BCUT2D eigenvalue weighted by molar-refractivity contribution is 0.0932. The summed E-state index contributed by atoms with van der Waals surface area (Å²) in [4.78, 5) is 12.0. The van der Waals surface area contributed by atoms with Crippen molar-refractivity contribution in [2.24, 2.45) is 5.41 Å².